The van der Waals surface area contributed by atoms with Crippen LogP contribution in [0.2, 0.25) is 0 Å². The molecule has 0 radical (unpaired) electrons. The molecule has 2 aromatic rings. The van der Waals surface area contributed by atoms with Gasteiger partial charge in [0.15, 0.2) is 0 Å². The zero-order valence-corrected chi connectivity index (χ0v) is 21.6. The monoisotopic (exact) mass is 487 g/mol. The van der Waals surface area contributed by atoms with Gasteiger partial charge in [0.05, 0.1) is 11.9 Å². The third-order valence-corrected chi connectivity index (χ3v) is 7.04. The lowest BCUT2D eigenvalue weighted by Crippen LogP contribution is -2.53. The Morgan fingerprint density at radius 1 is 0.912 bits per heavy atom. The Kier molecular flexibility index (Phi) is 10.1. The molecular weight excluding hydrogens is 450 g/mol. The Balaban J connectivity index is 2.40. The number of amides is 2. The number of sulfonamides is 1. The number of benzene rings is 2. The minimum absolute atomic E-state index is 0.0279. The number of nitrogens with one attached hydrogen (secondary N) is 1. The number of hydrogen-bond acceptors (Lipinski definition) is 4. The van der Waals surface area contributed by atoms with E-state index in [2.05, 4.69) is 5.32 Å². The maximum atomic E-state index is 13.6. The first-order valence-electron chi connectivity index (χ1n) is 11.8. The van der Waals surface area contributed by atoms with E-state index in [1.807, 2.05) is 70.2 Å². The van der Waals surface area contributed by atoms with Crippen molar-refractivity contribution in [2.75, 3.05) is 17.1 Å². The van der Waals surface area contributed by atoms with E-state index in [0.717, 1.165) is 34.5 Å². The van der Waals surface area contributed by atoms with E-state index >= 15 is 0 Å². The zero-order valence-electron chi connectivity index (χ0n) is 20.8. The normalized spacial score (nSPS) is 13.1. The molecule has 0 bridgehead atoms. The van der Waals surface area contributed by atoms with E-state index in [-0.39, 0.29) is 25.0 Å². The van der Waals surface area contributed by atoms with E-state index in [0.29, 0.717) is 12.1 Å². The molecule has 7 nitrogen and oxygen atoms in total. The summed E-state index contributed by atoms with van der Waals surface area (Å²) < 4.78 is 26.4. The quantitative estimate of drug-likeness (QED) is 0.494. The summed E-state index contributed by atoms with van der Waals surface area (Å²) in [4.78, 5) is 28.2. The van der Waals surface area contributed by atoms with Crippen LogP contribution in [0.3, 0.4) is 0 Å². The van der Waals surface area contributed by atoms with Crippen molar-refractivity contribution in [3.63, 3.8) is 0 Å². The van der Waals surface area contributed by atoms with E-state index < -0.39 is 22.0 Å². The minimum Gasteiger partial charge on any atom is -0.352 e. The summed E-state index contributed by atoms with van der Waals surface area (Å²) in [7, 11) is -3.73. The standard InChI is InChI=1S/C26H37N3O4S/c1-6-20(4)27-26(31)24(8-3)28(18-22-12-10-9-11-13-22)25(30)19-29(34(5,32)33)23-16-14-21(7-2)15-17-23/h9-17,20,24H,6-8,18-19H2,1-5H3,(H,27,31)/t20-,24-/m1/s1. The molecule has 2 aromatic carbocycles. The van der Waals surface area contributed by atoms with Crippen LogP contribution in [0, 0.1) is 0 Å². The highest BCUT2D eigenvalue weighted by Crippen LogP contribution is 2.20. The van der Waals surface area contributed by atoms with E-state index in [1.165, 1.54) is 4.90 Å². The highest BCUT2D eigenvalue weighted by atomic mass is 32.2. The summed E-state index contributed by atoms with van der Waals surface area (Å²) in [5.74, 6) is -0.667. The largest absolute Gasteiger partial charge is 0.352 e. The molecule has 2 atom stereocenters. The van der Waals surface area contributed by atoms with Crippen LogP contribution >= 0.6 is 0 Å². The average Bonchev–Trinajstić information content (AvgIpc) is 2.82. The number of carbonyl (C=O) groups is 2. The van der Waals surface area contributed by atoms with Gasteiger partial charge in [0.1, 0.15) is 12.6 Å². The predicted molar refractivity (Wildman–Crippen MR) is 137 cm³/mol. The first-order chi connectivity index (χ1) is 16.1. The molecule has 0 saturated carbocycles. The fraction of sp³-hybridized carbons (Fsp3) is 0.462. The topological polar surface area (TPSA) is 86.8 Å². The van der Waals surface area contributed by atoms with E-state index in [1.54, 1.807) is 12.1 Å². The van der Waals surface area contributed by atoms with Gasteiger partial charge in [-0.3, -0.25) is 13.9 Å². The number of rotatable bonds is 12. The van der Waals surface area contributed by atoms with Crippen LogP contribution < -0.4 is 9.62 Å². The van der Waals surface area contributed by atoms with Crippen molar-refractivity contribution in [2.24, 2.45) is 0 Å². The molecule has 1 N–H and O–H groups in total. The summed E-state index contributed by atoms with van der Waals surface area (Å²) in [5.41, 5.74) is 2.36. The van der Waals surface area contributed by atoms with Crippen LogP contribution in [-0.4, -0.2) is 50.0 Å². The summed E-state index contributed by atoms with van der Waals surface area (Å²) in [6.07, 6.45) is 3.09. The van der Waals surface area contributed by atoms with Crippen LogP contribution in [0.15, 0.2) is 54.6 Å². The number of anilines is 1. The zero-order chi connectivity index (χ0) is 25.3. The Hall–Kier alpha value is -2.87. The maximum absolute atomic E-state index is 13.6. The van der Waals surface area contributed by atoms with Crippen LogP contribution in [0.5, 0.6) is 0 Å². The smallest absolute Gasteiger partial charge is 0.244 e. The second-order valence-electron chi connectivity index (χ2n) is 8.54. The molecule has 0 aliphatic carbocycles. The SMILES string of the molecule is CCc1ccc(N(CC(=O)N(Cc2ccccc2)[C@H](CC)C(=O)N[C@H](C)CC)S(C)(=O)=O)cc1. The van der Waals surface area contributed by atoms with Gasteiger partial charge in [-0.1, -0.05) is 63.2 Å². The van der Waals surface area contributed by atoms with Crippen LogP contribution in [0.4, 0.5) is 5.69 Å². The molecule has 0 saturated heterocycles. The van der Waals surface area contributed by atoms with Gasteiger partial charge in [0, 0.05) is 12.6 Å². The third kappa shape index (κ3) is 7.58. The lowest BCUT2D eigenvalue weighted by Gasteiger charge is -2.33. The number of nitrogens with zero attached hydrogens (tertiary/aromatic N) is 2. The number of aryl methyl sites for hydroxylation is 1. The summed E-state index contributed by atoms with van der Waals surface area (Å²) in [5, 5.41) is 2.96. The van der Waals surface area contributed by atoms with Gasteiger partial charge in [0.25, 0.3) is 0 Å². The molecule has 34 heavy (non-hydrogen) atoms. The van der Waals surface area contributed by atoms with Crippen LogP contribution in [-0.2, 0) is 32.6 Å². The second kappa shape index (κ2) is 12.6. The molecule has 2 rings (SSSR count). The lowest BCUT2D eigenvalue weighted by molar-refractivity contribution is -0.140. The first-order valence-corrected chi connectivity index (χ1v) is 13.7. The third-order valence-electron chi connectivity index (χ3n) is 5.89. The van der Waals surface area contributed by atoms with Gasteiger partial charge < -0.3 is 10.2 Å². The van der Waals surface area contributed by atoms with Crippen molar-refractivity contribution in [2.45, 2.75) is 65.6 Å². The Morgan fingerprint density at radius 2 is 1.53 bits per heavy atom. The van der Waals surface area contributed by atoms with Crippen molar-refractivity contribution in [3.05, 3.63) is 65.7 Å². The van der Waals surface area contributed by atoms with Gasteiger partial charge in [-0.2, -0.15) is 0 Å². The lowest BCUT2D eigenvalue weighted by atomic mass is 10.1. The minimum atomic E-state index is -3.73. The van der Waals surface area contributed by atoms with Gasteiger partial charge >= 0.3 is 0 Å². The van der Waals surface area contributed by atoms with Crippen molar-refractivity contribution >= 4 is 27.5 Å². The summed E-state index contributed by atoms with van der Waals surface area (Å²) >= 11 is 0. The Morgan fingerprint density at radius 3 is 2.03 bits per heavy atom. The van der Waals surface area contributed by atoms with Gasteiger partial charge in [-0.25, -0.2) is 8.42 Å². The maximum Gasteiger partial charge on any atom is 0.244 e. The van der Waals surface area contributed by atoms with Gasteiger partial charge in [-0.15, -0.1) is 0 Å². The van der Waals surface area contributed by atoms with Gasteiger partial charge in [0.2, 0.25) is 21.8 Å². The molecule has 0 spiro atoms. The molecule has 0 aliphatic heterocycles. The fourth-order valence-electron chi connectivity index (χ4n) is 3.65. The highest BCUT2D eigenvalue weighted by molar-refractivity contribution is 7.92. The number of hydrogen-bond donors (Lipinski definition) is 1. The molecule has 0 fully saturated rings. The predicted octanol–water partition coefficient (Wildman–Crippen LogP) is 3.74. The second-order valence-corrected chi connectivity index (χ2v) is 10.4. The van der Waals surface area contributed by atoms with Crippen molar-refractivity contribution in [1.29, 1.82) is 0 Å². The summed E-state index contributed by atoms with van der Waals surface area (Å²) in [6.45, 7) is 7.59. The molecule has 0 heterocycles. The molecule has 0 unspecified atom stereocenters. The molecule has 186 valence electrons. The molecule has 0 aliphatic rings. The van der Waals surface area contributed by atoms with Gasteiger partial charge in [-0.05, 0) is 49.4 Å². The fourth-order valence-corrected chi connectivity index (χ4v) is 4.50. The van der Waals surface area contributed by atoms with E-state index in [4.69, 9.17) is 0 Å². The van der Waals surface area contributed by atoms with Crippen molar-refractivity contribution in [1.82, 2.24) is 10.2 Å². The number of carbonyl (C=O) groups excluding carboxylic acids is 2. The van der Waals surface area contributed by atoms with Crippen LogP contribution in [0.1, 0.15) is 51.7 Å². The Labute approximate surface area is 204 Å². The molecular formula is C26H37N3O4S. The van der Waals surface area contributed by atoms with E-state index in [9.17, 15) is 18.0 Å². The van der Waals surface area contributed by atoms with Crippen molar-refractivity contribution in [3.8, 4) is 0 Å². The first kappa shape index (κ1) is 27.4. The average molecular weight is 488 g/mol. The molecule has 8 heteroatoms. The molecule has 0 aromatic heterocycles. The Bertz CT molecular complexity index is 1040. The summed E-state index contributed by atoms with van der Waals surface area (Å²) in [6, 6.07) is 15.8. The van der Waals surface area contributed by atoms with Crippen LogP contribution in [0.25, 0.3) is 0 Å². The van der Waals surface area contributed by atoms with Crippen molar-refractivity contribution < 1.29 is 18.0 Å². The highest BCUT2D eigenvalue weighted by Gasteiger charge is 2.32. The molecule has 2 amide bonds.